The zero-order valence-corrected chi connectivity index (χ0v) is 16.1. The summed E-state index contributed by atoms with van der Waals surface area (Å²) in [5.74, 6) is 0.348. The largest absolute Gasteiger partial charge is 0.264 e. The number of fused-ring (bicyclic) bond motifs is 3. The van der Waals surface area contributed by atoms with E-state index in [-0.39, 0.29) is 24.8 Å². The first-order valence-corrected chi connectivity index (χ1v) is 8.06. The molecule has 0 bridgehead atoms. The monoisotopic (exact) mass is 375 g/mol. The lowest BCUT2D eigenvalue weighted by Crippen LogP contribution is -2.42. The van der Waals surface area contributed by atoms with Crippen LogP contribution in [0.3, 0.4) is 0 Å². The smallest absolute Gasteiger partial charge is 0.0387 e. The van der Waals surface area contributed by atoms with E-state index in [1.54, 1.807) is 0 Å². The molecule has 1 aliphatic rings. The Morgan fingerprint density at radius 2 is 1.80 bits per heavy atom. The number of benzene rings is 2. The van der Waals surface area contributed by atoms with Crippen LogP contribution in [0.4, 0.5) is 0 Å². The summed E-state index contributed by atoms with van der Waals surface area (Å²) in [4.78, 5) is 4.35. The molecule has 0 amide bonds. The fourth-order valence-corrected chi connectivity index (χ4v) is 3.61. The van der Waals surface area contributed by atoms with Crippen LogP contribution in [0.25, 0.3) is 10.8 Å². The minimum absolute atomic E-state index is 0. The molecule has 5 heteroatoms. The Morgan fingerprint density at radius 1 is 1.00 bits per heavy atom. The van der Waals surface area contributed by atoms with Gasteiger partial charge in [0.25, 0.3) is 0 Å². The topological polar surface area (TPSA) is 19.4 Å². The summed E-state index contributed by atoms with van der Waals surface area (Å²) in [5, 5.41) is 7.28. The Balaban J connectivity index is 0.00000113. The molecule has 132 valence electrons. The maximum Gasteiger partial charge on any atom is 0.0387 e. The molecule has 1 aromatic heterocycles. The second-order valence-electron chi connectivity index (χ2n) is 6.39. The Bertz CT molecular complexity index is 837. The van der Waals surface area contributed by atoms with Crippen molar-refractivity contribution in [1.29, 1.82) is 0 Å². The average molecular weight is 376 g/mol. The number of nitrogens with zero attached hydrogens (tertiary/aromatic N) is 3. The van der Waals surface area contributed by atoms with Crippen LogP contribution in [0, 0.1) is 0 Å². The predicted octanol–water partition coefficient (Wildman–Crippen LogP) is 4.50. The van der Waals surface area contributed by atoms with Crippen molar-refractivity contribution in [2.24, 2.45) is 0 Å². The molecule has 3 nitrogen and oxygen atoms in total. The van der Waals surface area contributed by atoms with Crippen LogP contribution >= 0.6 is 24.8 Å². The molecule has 0 radical (unpaired) electrons. The third-order valence-corrected chi connectivity index (χ3v) is 4.81. The normalized spacial score (nSPS) is 16.8. The number of pyridine rings is 1. The fourth-order valence-electron chi connectivity index (χ4n) is 3.61. The first kappa shape index (κ1) is 19.7. The standard InChI is InChI=1S/C20H21N3.2ClH/c1-22(2)23-13-17-10-9-15-6-3-4-8-18(15)20(17)19(14-23)16-7-5-11-21-12-16;;/h3-12,19H,13-14H2,1-2H3;2*1H. The summed E-state index contributed by atoms with van der Waals surface area (Å²) < 4.78 is 0. The van der Waals surface area contributed by atoms with Gasteiger partial charge in [-0.2, -0.15) is 0 Å². The van der Waals surface area contributed by atoms with Gasteiger partial charge in [-0.25, -0.2) is 10.0 Å². The predicted molar refractivity (Wildman–Crippen MR) is 109 cm³/mol. The molecule has 0 saturated carbocycles. The molecule has 2 aromatic carbocycles. The van der Waals surface area contributed by atoms with Crippen LogP contribution in [0.15, 0.2) is 60.9 Å². The van der Waals surface area contributed by atoms with Crippen molar-refractivity contribution in [2.45, 2.75) is 12.5 Å². The number of aromatic nitrogens is 1. The Labute approximate surface area is 161 Å². The second-order valence-corrected chi connectivity index (χ2v) is 6.39. The molecular formula is C20H23Cl2N3. The molecule has 0 saturated heterocycles. The summed E-state index contributed by atoms with van der Waals surface area (Å²) in [6.07, 6.45) is 3.86. The third-order valence-electron chi connectivity index (χ3n) is 4.81. The zero-order valence-electron chi connectivity index (χ0n) is 14.4. The van der Waals surface area contributed by atoms with E-state index in [1.807, 2.05) is 18.5 Å². The minimum Gasteiger partial charge on any atom is -0.264 e. The van der Waals surface area contributed by atoms with Crippen molar-refractivity contribution in [3.05, 3.63) is 77.6 Å². The summed E-state index contributed by atoms with van der Waals surface area (Å²) in [5.41, 5.74) is 4.17. The molecule has 2 heterocycles. The van der Waals surface area contributed by atoms with Crippen LogP contribution in [-0.4, -0.2) is 35.6 Å². The number of rotatable bonds is 2. The molecule has 1 atom stereocenters. The lowest BCUT2D eigenvalue weighted by atomic mass is 9.82. The van der Waals surface area contributed by atoms with Crippen LogP contribution in [0.5, 0.6) is 0 Å². The van der Waals surface area contributed by atoms with E-state index in [2.05, 4.69) is 71.6 Å². The summed E-state index contributed by atoms with van der Waals surface area (Å²) in [7, 11) is 4.23. The number of hydrogen-bond acceptors (Lipinski definition) is 3. The van der Waals surface area contributed by atoms with Gasteiger partial charge in [0.2, 0.25) is 0 Å². The van der Waals surface area contributed by atoms with Gasteiger partial charge >= 0.3 is 0 Å². The lowest BCUT2D eigenvalue weighted by Gasteiger charge is -2.39. The molecule has 3 aromatic rings. The average Bonchev–Trinajstić information content (AvgIpc) is 2.61. The lowest BCUT2D eigenvalue weighted by molar-refractivity contribution is 0.00626. The van der Waals surface area contributed by atoms with E-state index < -0.39 is 0 Å². The minimum atomic E-state index is 0. The van der Waals surface area contributed by atoms with Gasteiger partial charge in [-0.15, -0.1) is 24.8 Å². The maximum absolute atomic E-state index is 4.35. The molecule has 1 unspecified atom stereocenters. The Hall–Kier alpha value is -1.65. The van der Waals surface area contributed by atoms with Gasteiger partial charge in [-0.3, -0.25) is 4.98 Å². The summed E-state index contributed by atoms with van der Waals surface area (Å²) >= 11 is 0. The van der Waals surface area contributed by atoms with Gasteiger partial charge in [-0.05, 0) is 33.5 Å². The van der Waals surface area contributed by atoms with Crippen molar-refractivity contribution in [1.82, 2.24) is 15.0 Å². The highest BCUT2D eigenvalue weighted by Crippen LogP contribution is 2.38. The number of hydrogen-bond donors (Lipinski definition) is 0. The van der Waals surface area contributed by atoms with Gasteiger partial charge in [0, 0.05) is 45.5 Å². The summed E-state index contributed by atoms with van der Waals surface area (Å²) in [6.45, 7) is 1.95. The van der Waals surface area contributed by atoms with Crippen LogP contribution in [0.2, 0.25) is 0 Å². The van der Waals surface area contributed by atoms with Gasteiger partial charge in [-0.1, -0.05) is 42.5 Å². The quantitative estimate of drug-likeness (QED) is 0.656. The number of hydrazine groups is 1. The highest BCUT2D eigenvalue weighted by atomic mass is 35.5. The first-order chi connectivity index (χ1) is 11.2. The molecule has 1 aliphatic heterocycles. The van der Waals surface area contributed by atoms with Gasteiger partial charge in [0.15, 0.2) is 0 Å². The maximum atomic E-state index is 4.35. The zero-order chi connectivity index (χ0) is 15.8. The van der Waals surface area contributed by atoms with E-state index >= 15 is 0 Å². The molecule has 4 rings (SSSR count). The number of halogens is 2. The fraction of sp³-hybridized carbons (Fsp3) is 0.250. The van der Waals surface area contributed by atoms with Gasteiger partial charge < -0.3 is 0 Å². The second kappa shape index (κ2) is 8.15. The van der Waals surface area contributed by atoms with E-state index in [0.717, 1.165) is 13.1 Å². The molecule has 0 N–H and O–H groups in total. The van der Waals surface area contributed by atoms with Gasteiger partial charge in [0.1, 0.15) is 0 Å². The van der Waals surface area contributed by atoms with Crippen molar-refractivity contribution in [3.63, 3.8) is 0 Å². The van der Waals surface area contributed by atoms with Crippen LogP contribution in [-0.2, 0) is 6.54 Å². The molecule has 0 fully saturated rings. The molecule has 25 heavy (non-hydrogen) atoms. The van der Waals surface area contributed by atoms with E-state index in [1.165, 1.54) is 27.5 Å². The first-order valence-electron chi connectivity index (χ1n) is 8.06. The highest BCUT2D eigenvalue weighted by molar-refractivity contribution is 5.88. The van der Waals surface area contributed by atoms with E-state index in [0.29, 0.717) is 5.92 Å². The molecule has 0 spiro atoms. The van der Waals surface area contributed by atoms with Crippen molar-refractivity contribution in [3.8, 4) is 0 Å². The third kappa shape index (κ3) is 3.65. The van der Waals surface area contributed by atoms with Crippen LogP contribution < -0.4 is 0 Å². The Morgan fingerprint density at radius 3 is 2.52 bits per heavy atom. The van der Waals surface area contributed by atoms with Gasteiger partial charge in [0.05, 0.1) is 0 Å². The molecular weight excluding hydrogens is 353 g/mol. The SMILES string of the molecule is CN(C)N1Cc2ccc3ccccc3c2C(c2cccnc2)C1.Cl.Cl. The van der Waals surface area contributed by atoms with E-state index in [9.17, 15) is 0 Å². The van der Waals surface area contributed by atoms with E-state index in [4.69, 9.17) is 0 Å². The van der Waals surface area contributed by atoms with Crippen molar-refractivity contribution >= 4 is 35.6 Å². The van der Waals surface area contributed by atoms with Crippen molar-refractivity contribution < 1.29 is 0 Å². The molecule has 0 aliphatic carbocycles. The Kier molecular flexibility index (Phi) is 6.42. The summed E-state index contributed by atoms with van der Waals surface area (Å²) in [6, 6.07) is 17.5. The van der Waals surface area contributed by atoms with Crippen LogP contribution in [0.1, 0.15) is 22.6 Å². The van der Waals surface area contributed by atoms with Crippen molar-refractivity contribution in [2.75, 3.05) is 20.6 Å². The highest BCUT2D eigenvalue weighted by Gasteiger charge is 2.29.